The van der Waals surface area contributed by atoms with Gasteiger partial charge in [0.05, 0.1) is 13.1 Å². The molecule has 4 rings (SSSR count). The van der Waals surface area contributed by atoms with Crippen LogP contribution in [-0.2, 0) is 37.1 Å². The summed E-state index contributed by atoms with van der Waals surface area (Å²) < 4.78 is 2.00. The Morgan fingerprint density at radius 2 is 2.38 bits per heavy atom. The third kappa shape index (κ3) is 3.10. The van der Waals surface area contributed by atoms with Crippen molar-refractivity contribution >= 4 is 17.2 Å². The molecular weight excluding hydrogens is 322 g/mol. The first-order valence-electron chi connectivity index (χ1n) is 8.72. The second kappa shape index (κ2) is 6.64. The van der Waals surface area contributed by atoms with Crippen LogP contribution in [0.3, 0.4) is 0 Å². The molecule has 2 aliphatic heterocycles. The van der Waals surface area contributed by atoms with E-state index in [0.29, 0.717) is 12.6 Å². The van der Waals surface area contributed by atoms with Gasteiger partial charge in [0.1, 0.15) is 5.82 Å². The van der Waals surface area contributed by atoms with Gasteiger partial charge < -0.3 is 10.2 Å². The van der Waals surface area contributed by atoms with E-state index in [9.17, 15) is 4.79 Å². The van der Waals surface area contributed by atoms with Crippen molar-refractivity contribution in [3.8, 4) is 0 Å². The molecule has 0 radical (unpaired) electrons. The van der Waals surface area contributed by atoms with Gasteiger partial charge in [0.25, 0.3) is 0 Å². The fourth-order valence-corrected chi connectivity index (χ4v) is 4.37. The summed E-state index contributed by atoms with van der Waals surface area (Å²) >= 11 is 1.80. The number of amides is 1. The van der Waals surface area contributed by atoms with Gasteiger partial charge in [0, 0.05) is 36.9 Å². The molecule has 7 heteroatoms. The fourth-order valence-electron chi connectivity index (χ4n) is 3.48. The van der Waals surface area contributed by atoms with Crippen molar-refractivity contribution in [1.29, 1.82) is 0 Å². The third-order valence-electron chi connectivity index (χ3n) is 4.92. The first kappa shape index (κ1) is 15.8. The topological polar surface area (TPSA) is 63.1 Å². The van der Waals surface area contributed by atoms with Crippen molar-refractivity contribution in [2.75, 3.05) is 13.1 Å². The van der Waals surface area contributed by atoms with Crippen molar-refractivity contribution < 1.29 is 4.79 Å². The fraction of sp³-hybridized carbons (Fsp3) is 0.588. The highest BCUT2D eigenvalue weighted by molar-refractivity contribution is 7.10. The highest BCUT2D eigenvalue weighted by Crippen LogP contribution is 2.24. The molecule has 0 bridgehead atoms. The van der Waals surface area contributed by atoms with Crippen LogP contribution in [0.2, 0.25) is 0 Å². The number of carbonyl (C=O) groups excluding carboxylic acids is 1. The van der Waals surface area contributed by atoms with Crippen LogP contribution >= 0.6 is 11.3 Å². The molecule has 0 fully saturated rings. The number of thiophene rings is 1. The first-order valence-corrected chi connectivity index (χ1v) is 9.60. The molecule has 1 atom stereocenters. The van der Waals surface area contributed by atoms with Crippen LogP contribution in [0.25, 0.3) is 0 Å². The van der Waals surface area contributed by atoms with Crippen molar-refractivity contribution in [1.82, 2.24) is 25.0 Å². The van der Waals surface area contributed by atoms with Crippen molar-refractivity contribution in [3.05, 3.63) is 33.5 Å². The van der Waals surface area contributed by atoms with Gasteiger partial charge in [-0.1, -0.05) is 6.92 Å². The Morgan fingerprint density at radius 1 is 1.46 bits per heavy atom. The number of aromatic nitrogens is 3. The number of hydrogen-bond donors (Lipinski definition) is 1. The molecule has 128 valence electrons. The van der Waals surface area contributed by atoms with E-state index >= 15 is 0 Å². The summed E-state index contributed by atoms with van der Waals surface area (Å²) in [7, 11) is 0. The molecule has 0 unspecified atom stereocenters. The molecule has 4 heterocycles. The molecule has 0 spiro atoms. The Kier molecular flexibility index (Phi) is 4.37. The average Bonchev–Trinajstić information content (AvgIpc) is 3.24. The molecule has 24 heavy (non-hydrogen) atoms. The lowest BCUT2D eigenvalue weighted by Gasteiger charge is -2.29. The summed E-state index contributed by atoms with van der Waals surface area (Å²) in [5.41, 5.74) is 1.32. The Hall–Kier alpha value is -1.73. The summed E-state index contributed by atoms with van der Waals surface area (Å²) in [6.07, 6.45) is 3.81. The van der Waals surface area contributed by atoms with Crippen molar-refractivity contribution in [3.63, 3.8) is 0 Å². The monoisotopic (exact) mass is 345 g/mol. The molecule has 0 saturated carbocycles. The second-order valence-corrected chi connectivity index (χ2v) is 7.53. The van der Waals surface area contributed by atoms with E-state index in [4.69, 9.17) is 0 Å². The summed E-state index contributed by atoms with van der Waals surface area (Å²) in [6, 6.07) is 2.44. The number of fused-ring (bicyclic) bond motifs is 2. The standard InChI is InChI=1S/C17H23N5OS/c1-2-15-19-16-4-3-13(11-22(16)20-15)18-9-17(23)21-7-5-14-12(10-21)6-8-24-14/h6,8,13,18H,2-5,7,9-11H2,1H3/t13-/m0/s1. The van der Waals surface area contributed by atoms with E-state index in [1.807, 2.05) is 9.58 Å². The van der Waals surface area contributed by atoms with Gasteiger partial charge in [-0.25, -0.2) is 9.67 Å². The number of carbonyl (C=O) groups is 1. The van der Waals surface area contributed by atoms with Crippen LogP contribution in [0.5, 0.6) is 0 Å². The number of hydrogen-bond acceptors (Lipinski definition) is 5. The van der Waals surface area contributed by atoms with E-state index in [2.05, 4.69) is 33.8 Å². The maximum Gasteiger partial charge on any atom is 0.236 e. The van der Waals surface area contributed by atoms with Gasteiger partial charge in [0.2, 0.25) is 5.91 Å². The number of rotatable bonds is 4. The van der Waals surface area contributed by atoms with Crippen LogP contribution < -0.4 is 5.32 Å². The zero-order chi connectivity index (χ0) is 16.5. The van der Waals surface area contributed by atoms with E-state index in [1.54, 1.807) is 11.3 Å². The largest absolute Gasteiger partial charge is 0.337 e. The predicted octanol–water partition coefficient (Wildman–Crippen LogP) is 1.39. The molecule has 0 aromatic carbocycles. The normalized spacial score (nSPS) is 19.9. The smallest absolute Gasteiger partial charge is 0.236 e. The van der Waals surface area contributed by atoms with E-state index in [-0.39, 0.29) is 5.91 Å². The summed E-state index contributed by atoms with van der Waals surface area (Å²) in [5, 5.41) is 10.1. The third-order valence-corrected chi connectivity index (χ3v) is 5.94. The first-order chi connectivity index (χ1) is 11.7. The van der Waals surface area contributed by atoms with Gasteiger partial charge in [-0.3, -0.25) is 4.79 Å². The van der Waals surface area contributed by atoms with Crippen LogP contribution in [0.15, 0.2) is 11.4 Å². The van der Waals surface area contributed by atoms with E-state index < -0.39 is 0 Å². The Bertz CT molecular complexity index is 737. The average molecular weight is 345 g/mol. The maximum absolute atomic E-state index is 12.5. The van der Waals surface area contributed by atoms with Gasteiger partial charge in [0.15, 0.2) is 5.82 Å². The van der Waals surface area contributed by atoms with E-state index in [0.717, 1.165) is 57.0 Å². The molecule has 2 aromatic heterocycles. The summed E-state index contributed by atoms with van der Waals surface area (Å²) in [4.78, 5) is 20.4. The second-order valence-electron chi connectivity index (χ2n) is 6.53. The molecule has 2 aliphatic rings. The lowest BCUT2D eigenvalue weighted by molar-refractivity contribution is -0.131. The van der Waals surface area contributed by atoms with Gasteiger partial charge >= 0.3 is 0 Å². The molecule has 1 amide bonds. The minimum atomic E-state index is 0.200. The maximum atomic E-state index is 12.5. The van der Waals surface area contributed by atoms with Crippen molar-refractivity contribution in [2.24, 2.45) is 0 Å². The van der Waals surface area contributed by atoms with E-state index in [1.165, 1.54) is 10.4 Å². The SMILES string of the molecule is CCc1nc2n(n1)C[C@@H](NCC(=O)N1CCc3sccc3C1)CC2. The lowest BCUT2D eigenvalue weighted by atomic mass is 10.1. The Labute approximate surface area is 145 Å². The number of nitrogens with one attached hydrogen (secondary N) is 1. The number of nitrogens with zero attached hydrogens (tertiary/aromatic N) is 4. The zero-order valence-corrected chi connectivity index (χ0v) is 14.8. The molecule has 6 nitrogen and oxygen atoms in total. The zero-order valence-electron chi connectivity index (χ0n) is 14.0. The molecule has 0 aliphatic carbocycles. The van der Waals surface area contributed by atoms with Gasteiger partial charge in [-0.05, 0) is 29.9 Å². The highest BCUT2D eigenvalue weighted by atomic mass is 32.1. The van der Waals surface area contributed by atoms with Crippen molar-refractivity contribution in [2.45, 2.75) is 51.7 Å². The Morgan fingerprint density at radius 3 is 3.25 bits per heavy atom. The quantitative estimate of drug-likeness (QED) is 0.910. The van der Waals surface area contributed by atoms with Gasteiger partial charge in [-0.15, -0.1) is 11.3 Å². The summed E-state index contributed by atoms with van der Waals surface area (Å²) in [6.45, 7) is 4.90. The van der Waals surface area contributed by atoms with Crippen LogP contribution in [0, 0.1) is 0 Å². The lowest BCUT2D eigenvalue weighted by Crippen LogP contribution is -2.45. The van der Waals surface area contributed by atoms with Crippen LogP contribution in [0.4, 0.5) is 0 Å². The molecule has 1 N–H and O–H groups in total. The molecular formula is C17H23N5OS. The Balaban J connectivity index is 1.30. The minimum absolute atomic E-state index is 0.200. The number of aryl methyl sites for hydroxylation is 2. The minimum Gasteiger partial charge on any atom is -0.337 e. The molecule has 0 saturated heterocycles. The summed E-state index contributed by atoms with van der Waals surface area (Å²) in [5.74, 6) is 2.20. The van der Waals surface area contributed by atoms with Crippen LogP contribution in [0.1, 0.15) is 35.4 Å². The highest BCUT2D eigenvalue weighted by Gasteiger charge is 2.24. The predicted molar refractivity (Wildman–Crippen MR) is 93.0 cm³/mol. The van der Waals surface area contributed by atoms with Gasteiger partial charge in [-0.2, -0.15) is 5.10 Å². The van der Waals surface area contributed by atoms with Crippen LogP contribution in [-0.4, -0.2) is 44.7 Å². The molecule has 2 aromatic rings.